The summed E-state index contributed by atoms with van der Waals surface area (Å²) in [6.45, 7) is 0. The first kappa shape index (κ1) is 12.9. The molecule has 0 saturated carbocycles. The smallest absolute Gasteiger partial charge is 0.173 e. The third-order valence-corrected chi connectivity index (χ3v) is 5.36. The van der Waals surface area contributed by atoms with Crippen LogP contribution in [0.25, 0.3) is 0 Å². The minimum absolute atomic E-state index is 0.0406. The zero-order valence-corrected chi connectivity index (χ0v) is 11.7. The number of fused-ring (bicyclic) bond motifs is 1. The fourth-order valence-electron chi connectivity index (χ4n) is 3.03. The molecule has 0 spiro atoms. The zero-order valence-electron chi connectivity index (χ0n) is 10.9. The molecule has 0 amide bonds. The third kappa shape index (κ3) is 2.90. The Balaban J connectivity index is 1.80. The van der Waals surface area contributed by atoms with E-state index in [4.69, 9.17) is 0 Å². The van der Waals surface area contributed by atoms with Crippen molar-refractivity contribution in [1.82, 2.24) is 5.32 Å². The van der Waals surface area contributed by atoms with Crippen LogP contribution in [0, 0.1) is 0 Å². The van der Waals surface area contributed by atoms with Gasteiger partial charge in [0.15, 0.2) is 9.84 Å². The molecule has 3 nitrogen and oxygen atoms in total. The normalized spacial score (nSPS) is 28.8. The number of rotatable bonds is 2. The van der Waals surface area contributed by atoms with E-state index >= 15 is 0 Å². The molecule has 1 aromatic carbocycles. The van der Waals surface area contributed by atoms with Crippen LogP contribution in [0.1, 0.15) is 36.4 Å². The van der Waals surface area contributed by atoms with Gasteiger partial charge in [-0.2, -0.15) is 0 Å². The standard InChI is InChI=1S/C15H19NO2S/c17-19(18)10-9-13(11-19)16-15-8-4-2-6-12-5-1-3-7-14(12)15/h1,3,5,7,9-10,13,15-16H,2,4,6,8,11H2. The fourth-order valence-corrected chi connectivity index (χ4v) is 4.28. The molecule has 102 valence electrons. The summed E-state index contributed by atoms with van der Waals surface area (Å²) in [6, 6.07) is 8.76. The second kappa shape index (κ2) is 5.10. The Kier molecular flexibility index (Phi) is 3.46. The number of hydrogen-bond donors (Lipinski definition) is 1. The van der Waals surface area contributed by atoms with Crippen molar-refractivity contribution in [2.45, 2.75) is 37.8 Å². The molecule has 19 heavy (non-hydrogen) atoms. The first-order valence-electron chi connectivity index (χ1n) is 6.89. The molecule has 0 fully saturated rings. The largest absolute Gasteiger partial charge is 0.303 e. The molecule has 0 radical (unpaired) electrons. The monoisotopic (exact) mass is 277 g/mol. The van der Waals surface area contributed by atoms with Gasteiger partial charge in [-0.25, -0.2) is 8.42 Å². The van der Waals surface area contributed by atoms with Crippen molar-refractivity contribution < 1.29 is 8.42 Å². The highest BCUT2D eigenvalue weighted by atomic mass is 32.2. The Morgan fingerprint density at radius 3 is 2.79 bits per heavy atom. The van der Waals surface area contributed by atoms with Gasteiger partial charge in [0, 0.05) is 17.5 Å². The van der Waals surface area contributed by atoms with Crippen LogP contribution < -0.4 is 5.32 Å². The molecule has 1 heterocycles. The van der Waals surface area contributed by atoms with Gasteiger partial charge in [0.05, 0.1) is 5.75 Å². The number of sulfone groups is 1. The summed E-state index contributed by atoms with van der Waals surface area (Å²) in [4.78, 5) is 0. The van der Waals surface area contributed by atoms with Crippen LogP contribution in [0.4, 0.5) is 0 Å². The Morgan fingerprint density at radius 2 is 2.00 bits per heavy atom. The molecule has 0 aromatic heterocycles. The average Bonchev–Trinajstić information content (AvgIpc) is 2.60. The molecule has 0 bridgehead atoms. The van der Waals surface area contributed by atoms with Crippen LogP contribution in [-0.4, -0.2) is 20.2 Å². The molecule has 1 aliphatic heterocycles. The van der Waals surface area contributed by atoms with Crippen LogP contribution in [0.15, 0.2) is 35.7 Å². The molecule has 1 aromatic rings. The summed E-state index contributed by atoms with van der Waals surface area (Å²) in [6.07, 6.45) is 6.40. The molecule has 1 N–H and O–H groups in total. The van der Waals surface area contributed by atoms with E-state index in [0.717, 1.165) is 12.8 Å². The van der Waals surface area contributed by atoms with Crippen molar-refractivity contribution in [1.29, 1.82) is 0 Å². The quantitative estimate of drug-likeness (QED) is 0.844. The lowest BCUT2D eigenvalue weighted by molar-refractivity contribution is 0.468. The minimum atomic E-state index is -2.98. The lowest BCUT2D eigenvalue weighted by Crippen LogP contribution is -2.33. The fraction of sp³-hybridized carbons (Fsp3) is 0.467. The van der Waals surface area contributed by atoms with Crippen LogP contribution >= 0.6 is 0 Å². The average molecular weight is 277 g/mol. The van der Waals surface area contributed by atoms with Gasteiger partial charge in [0.25, 0.3) is 0 Å². The first-order chi connectivity index (χ1) is 9.14. The van der Waals surface area contributed by atoms with Gasteiger partial charge in [0.2, 0.25) is 0 Å². The van der Waals surface area contributed by atoms with Crippen molar-refractivity contribution in [3.05, 3.63) is 46.9 Å². The van der Waals surface area contributed by atoms with Gasteiger partial charge in [-0.3, -0.25) is 0 Å². The van der Waals surface area contributed by atoms with Crippen LogP contribution in [0.5, 0.6) is 0 Å². The van der Waals surface area contributed by atoms with Crippen LogP contribution in [0.3, 0.4) is 0 Å². The highest BCUT2D eigenvalue weighted by molar-refractivity contribution is 7.94. The van der Waals surface area contributed by atoms with E-state index in [1.807, 2.05) is 0 Å². The SMILES string of the molecule is O=S1(=O)C=CC(NC2CCCCc3ccccc32)C1. The lowest BCUT2D eigenvalue weighted by Gasteiger charge is -2.22. The Hall–Kier alpha value is -1.13. The zero-order chi connectivity index (χ0) is 13.3. The first-order valence-corrected chi connectivity index (χ1v) is 8.60. The summed E-state index contributed by atoms with van der Waals surface area (Å²) >= 11 is 0. The maximum absolute atomic E-state index is 11.5. The predicted octanol–water partition coefficient (Wildman–Crippen LogP) is 2.35. The van der Waals surface area contributed by atoms with Crippen molar-refractivity contribution in [3.63, 3.8) is 0 Å². The van der Waals surface area contributed by atoms with E-state index in [9.17, 15) is 8.42 Å². The van der Waals surface area contributed by atoms with E-state index in [0.29, 0.717) is 0 Å². The van der Waals surface area contributed by atoms with Gasteiger partial charge in [-0.15, -0.1) is 0 Å². The molecule has 2 aliphatic rings. The van der Waals surface area contributed by atoms with E-state index in [1.165, 1.54) is 29.4 Å². The summed E-state index contributed by atoms with van der Waals surface area (Å²) < 4.78 is 22.9. The second-order valence-corrected chi connectivity index (χ2v) is 7.36. The molecule has 4 heteroatoms. The van der Waals surface area contributed by atoms with Crippen LogP contribution in [0.2, 0.25) is 0 Å². The molecule has 3 rings (SSSR count). The Bertz CT molecular complexity index is 592. The molecule has 2 atom stereocenters. The minimum Gasteiger partial charge on any atom is -0.303 e. The van der Waals surface area contributed by atoms with Crippen molar-refractivity contribution in [2.24, 2.45) is 0 Å². The van der Waals surface area contributed by atoms with Crippen molar-refractivity contribution >= 4 is 9.84 Å². The molecule has 1 aliphatic carbocycles. The summed E-state index contributed by atoms with van der Waals surface area (Å²) in [5.41, 5.74) is 2.75. The van der Waals surface area contributed by atoms with Gasteiger partial charge >= 0.3 is 0 Å². The number of benzene rings is 1. The predicted molar refractivity (Wildman–Crippen MR) is 76.6 cm³/mol. The molecule has 0 saturated heterocycles. The van der Waals surface area contributed by atoms with Crippen molar-refractivity contribution in [3.8, 4) is 0 Å². The van der Waals surface area contributed by atoms with Gasteiger partial charge in [-0.1, -0.05) is 36.8 Å². The summed E-state index contributed by atoms with van der Waals surface area (Å²) in [7, 11) is -2.98. The summed E-state index contributed by atoms with van der Waals surface area (Å²) in [5, 5.41) is 4.84. The van der Waals surface area contributed by atoms with E-state index < -0.39 is 9.84 Å². The maximum Gasteiger partial charge on any atom is 0.173 e. The number of hydrogen-bond acceptors (Lipinski definition) is 3. The van der Waals surface area contributed by atoms with E-state index in [-0.39, 0.29) is 17.8 Å². The number of nitrogens with one attached hydrogen (secondary N) is 1. The topological polar surface area (TPSA) is 46.2 Å². The van der Waals surface area contributed by atoms with Crippen molar-refractivity contribution in [2.75, 3.05) is 5.75 Å². The Morgan fingerprint density at radius 1 is 1.16 bits per heavy atom. The maximum atomic E-state index is 11.5. The molecular formula is C15H19NO2S. The Labute approximate surface area is 114 Å². The van der Waals surface area contributed by atoms with E-state index in [2.05, 4.69) is 29.6 Å². The molecular weight excluding hydrogens is 258 g/mol. The van der Waals surface area contributed by atoms with Gasteiger partial charge < -0.3 is 5.32 Å². The van der Waals surface area contributed by atoms with Gasteiger partial charge in [-0.05, 0) is 30.4 Å². The summed E-state index contributed by atoms with van der Waals surface area (Å²) in [5.74, 6) is 0.200. The number of aryl methyl sites for hydroxylation is 1. The highest BCUT2D eigenvalue weighted by Gasteiger charge is 2.26. The van der Waals surface area contributed by atoms with Crippen LogP contribution in [-0.2, 0) is 16.3 Å². The third-order valence-electron chi connectivity index (χ3n) is 3.96. The van der Waals surface area contributed by atoms with E-state index in [1.54, 1.807) is 6.08 Å². The second-order valence-electron chi connectivity index (χ2n) is 5.43. The van der Waals surface area contributed by atoms with Gasteiger partial charge in [0.1, 0.15) is 0 Å². The highest BCUT2D eigenvalue weighted by Crippen LogP contribution is 2.29. The molecule has 2 unspecified atom stereocenters. The lowest BCUT2D eigenvalue weighted by atomic mass is 9.98.